The number of ether oxygens (including phenoxy) is 1. The molecule has 2 rings (SSSR count). The summed E-state index contributed by atoms with van der Waals surface area (Å²) in [5.74, 6) is 0.0530. The van der Waals surface area contributed by atoms with E-state index in [1.807, 2.05) is 0 Å². The Morgan fingerprint density at radius 1 is 1.48 bits per heavy atom. The van der Waals surface area contributed by atoms with E-state index >= 15 is 0 Å². The number of carbonyl (C=O) groups is 1. The summed E-state index contributed by atoms with van der Waals surface area (Å²) >= 11 is 0. The fraction of sp³-hybridized carbons (Fsp3) is 0.308. The van der Waals surface area contributed by atoms with Crippen LogP contribution >= 0.6 is 0 Å². The van der Waals surface area contributed by atoms with Crippen LogP contribution in [0, 0.1) is 0 Å². The lowest BCUT2D eigenvalue weighted by atomic mass is 10.3. The van der Waals surface area contributed by atoms with Crippen LogP contribution in [0.15, 0.2) is 36.8 Å². The summed E-state index contributed by atoms with van der Waals surface area (Å²) in [6, 6.07) is 4.71. The van der Waals surface area contributed by atoms with Gasteiger partial charge >= 0.3 is 6.55 Å². The second-order valence-electron chi connectivity index (χ2n) is 4.29. The molecule has 0 bridgehead atoms. The Bertz CT molecular complexity index is 589. The number of hydrogen-bond donors (Lipinski definition) is 1. The van der Waals surface area contributed by atoms with Gasteiger partial charge in [-0.15, -0.1) is 0 Å². The van der Waals surface area contributed by atoms with E-state index in [2.05, 4.69) is 15.4 Å². The second kappa shape index (κ2) is 6.78. The monoisotopic (exact) mass is 296 g/mol. The number of aromatic nitrogens is 3. The van der Waals surface area contributed by atoms with Gasteiger partial charge < -0.3 is 10.1 Å². The maximum Gasteiger partial charge on any atom is 0.333 e. The molecule has 112 valence electrons. The first kappa shape index (κ1) is 14.9. The van der Waals surface area contributed by atoms with E-state index in [9.17, 15) is 13.6 Å². The van der Waals surface area contributed by atoms with Gasteiger partial charge in [0.15, 0.2) is 0 Å². The van der Waals surface area contributed by atoms with Crippen molar-refractivity contribution in [3.8, 4) is 5.75 Å². The first-order chi connectivity index (χ1) is 10.1. The van der Waals surface area contributed by atoms with Crippen LogP contribution in [0.5, 0.6) is 5.75 Å². The van der Waals surface area contributed by atoms with Crippen LogP contribution < -0.4 is 10.1 Å². The van der Waals surface area contributed by atoms with Crippen LogP contribution in [0.25, 0.3) is 0 Å². The number of alkyl halides is 2. The number of hydrogen-bond acceptors (Lipinski definition) is 4. The molecule has 0 radical (unpaired) electrons. The van der Waals surface area contributed by atoms with Gasteiger partial charge in [-0.05, 0) is 25.1 Å². The number of nitrogens with zero attached hydrogens (tertiary/aromatic N) is 3. The van der Waals surface area contributed by atoms with Crippen LogP contribution in [-0.4, -0.2) is 33.3 Å². The normalized spacial score (nSPS) is 12.2. The Morgan fingerprint density at radius 2 is 2.29 bits per heavy atom. The van der Waals surface area contributed by atoms with Gasteiger partial charge in [-0.2, -0.15) is 13.9 Å². The Hall–Kier alpha value is -2.51. The van der Waals surface area contributed by atoms with E-state index < -0.39 is 12.5 Å². The van der Waals surface area contributed by atoms with E-state index in [4.69, 9.17) is 4.74 Å². The molecule has 2 heterocycles. The van der Waals surface area contributed by atoms with Gasteiger partial charge in [0.2, 0.25) is 0 Å². The molecule has 2 aromatic heterocycles. The highest BCUT2D eigenvalue weighted by atomic mass is 19.3. The van der Waals surface area contributed by atoms with Crippen molar-refractivity contribution in [2.45, 2.75) is 19.6 Å². The van der Waals surface area contributed by atoms with Crippen molar-refractivity contribution in [2.24, 2.45) is 0 Å². The predicted octanol–water partition coefficient (Wildman–Crippen LogP) is 1.87. The van der Waals surface area contributed by atoms with Gasteiger partial charge in [-0.1, -0.05) is 0 Å². The third-order valence-electron chi connectivity index (χ3n) is 2.56. The summed E-state index contributed by atoms with van der Waals surface area (Å²) in [5.41, 5.74) is -0.0659. The summed E-state index contributed by atoms with van der Waals surface area (Å²) in [6.07, 6.45) is 3.94. The lowest BCUT2D eigenvalue weighted by Gasteiger charge is -2.14. The quantitative estimate of drug-likeness (QED) is 0.883. The molecule has 2 aromatic rings. The van der Waals surface area contributed by atoms with Gasteiger partial charge in [0, 0.05) is 12.4 Å². The molecule has 1 N–H and O–H groups in total. The topological polar surface area (TPSA) is 69.0 Å². The maximum atomic E-state index is 12.3. The minimum absolute atomic E-state index is 0.0659. The minimum Gasteiger partial charge on any atom is -0.487 e. The van der Waals surface area contributed by atoms with Gasteiger partial charge in [0.05, 0.1) is 12.7 Å². The van der Waals surface area contributed by atoms with Gasteiger partial charge in [0.25, 0.3) is 5.91 Å². The van der Waals surface area contributed by atoms with Crippen LogP contribution in [0.2, 0.25) is 0 Å². The van der Waals surface area contributed by atoms with Crippen molar-refractivity contribution in [3.63, 3.8) is 0 Å². The minimum atomic E-state index is -2.76. The van der Waals surface area contributed by atoms with Crippen molar-refractivity contribution in [1.82, 2.24) is 20.1 Å². The largest absolute Gasteiger partial charge is 0.487 e. The molecule has 0 saturated heterocycles. The zero-order chi connectivity index (χ0) is 15.2. The first-order valence-corrected chi connectivity index (χ1v) is 6.24. The third kappa shape index (κ3) is 4.23. The Balaban J connectivity index is 1.83. The Labute approximate surface area is 119 Å². The summed E-state index contributed by atoms with van der Waals surface area (Å²) in [6.45, 7) is -0.778. The lowest BCUT2D eigenvalue weighted by molar-refractivity contribution is 0.0559. The molecular weight excluding hydrogens is 282 g/mol. The molecular formula is C13H14F2N4O2. The number of rotatable bonds is 6. The summed E-state index contributed by atoms with van der Waals surface area (Å²) in [4.78, 5) is 15.6. The average Bonchev–Trinajstić information content (AvgIpc) is 2.96. The van der Waals surface area contributed by atoms with Crippen molar-refractivity contribution in [2.75, 3.05) is 6.54 Å². The van der Waals surface area contributed by atoms with E-state index in [1.54, 1.807) is 31.5 Å². The second-order valence-corrected chi connectivity index (χ2v) is 4.29. The maximum absolute atomic E-state index is 12.3. The highest BCUT2D eigenvalue weighted by molar-refractivity contribution is 5.92. The molecule has 1 atom stereocenters. The SMILES string of the molecule is C[C@H](CNC(=O)c1ccn(C(F)F)n1)Oc1cccnc1. The fourth-order valence-corrected chi connectivity index (χ4v) is 1.59. The molecule has 0 aromatic carbocycles. The average molecular weight is 296 g/mol. The van der Waals surface area contributed by atoms with E-state index in [1.165, 1.54) is 6.07 Å². The van der Waals surface area contributed by atoms with Crippen molar-refractivity contribution >= 4 is 5.91 Å². The van der Waals surface area contributed by atoms with Crippen LogP contribution in [0.3, 0.4) is 0 Å². The molecule has 21 heavy (non-hydrogen) atoms. The highest BCUT2D eigenvalue weighted by Crippen LogP contribution is 2.10. The molecule has 0 aliphatic carbocycles. The Kier molecular flexibility index (Phi) is 4.81. The highest BCUT2D eigenvalue weighted by Gasteiger charge is 2.14. The molecule has 8 heteroatoms. The van der Waals surface area contributed by atoms with Crippen molar-refractivity contribution < 1.29 is 18.3 Å². The lowest BCUT2D eigenvalue weighted by Crippen LogP contribution is -2.33. The molecule has 0 unspecified atom stereocenters. The molecule has 0 aliphatic heterocycles. The van der Waals surface area contributed by atoms with Crippen LogP contribution in [0.4, 0.5) is 8.78 Å². The standard InChI is InChI=1S/C13H14F2N4O2/c1-9(21-10-3-2-5-16-8-10)7-17-12(20)11-4-6-19(18-11)13(14)15/h2-6,8-9,13H,7H2,1H3,(H,17,20)/t9-/m1/s1. The zero-order valence-electron chi connectivity index (χ0n) is 11.2. The van der Waals surface area contributed by atoms with Crippen LogP contribution in [0.1, 0.15) is 24.0 Å². The smallest absolute Gasteiger partial charge is 0.333 e. The van der Waals surface area contributed by atoms with Crippen molar-refractivity contribution in [1.29, 1.82) is 0 Å². The van der Waals surface area contributed by atoms with Crippen LogP contribution in [-0.2, 0) is 0 Å². The molecule has 1 amide bonds. The molecule has 0 spiro atoms. The molecule has 0 saturated carbocycles. The zero-order valence-corrected chi connectivity index (χ0v) is 11.2. The summed E-state index contributed by atoms with van der Waals surface area (Å²) < 4.78 is 30.6. The fourth-order valence-electron chi connectivity index (χ4n) is 1.59. The van der Waals surface area contributed by atoms with E-state index in [0.29, 0.717) is 10.4 Å². The molecule has 0 aliphatic rings. The van der Waals surface area contributed by atoms with Gasteiger partial charge in [0.1, 0.15) is 17.5 Å². The van der Waals surface area contributed by atoms with Gasteiger partial charge in [-0.3, -0.25) is 9.78 Å². The number of amides is 1. The number of nitrogens with one attached hydrogen (secondary N) is 1. The molecule has 0 fully saturated rings. The predicted molar refractivity (Wildman–Crippen MR) is 70.1 cm³/mol. The van der Waals surface area contributed by atoms with E-state index in [-0.39, 0.29) is 18.3 Å². The third-order valence-corrected chi connectivity index (χ3v) is 2.56. The van der Waals surface area contributed by atoms with Gasteiger partial charge in [-0.25, -0.2) is 4.68 Å². The Morgan fingerprint density at radius 3 is 2.90 bits per heavy atom. The number of halogens is 2. The van der Waals surface area contributed by atoms with Crippen molar-refractivity contribution in [3.05, 3.63) is 42.5 Å². The number of pyridine rings is 1. The number of carbonyl (C=O) groups excluding carboxylic acids is 1. The van der Waals surface area contributed by atoms with E-state index in [0.717, 1.165) is 6.20 Å². The molecule has 6 nitrogen and oxygen atoms in total. The summed E-state index contributed by atoms with van der Waals surface area (Å²) in [5, 5.41) is 6.04. The first-order valence-electron chi connectivity index (χ1n) is 6.24. The summed E-state index contributed by atoms with van der Waals surface area (Å²) in [7, 11) is 0.